The lowest BCUT2D eigenvalue weighted by Gasteiger charge is -2.24. The molecule has 0 bridgehead atoms. The first-order valence-electron chi connectivity index (χ1n) is 11.6. The van der Waals surface area contributed by atoms with Crippen molar-refractivity contribution in [3.8, 4) is 22.4 Å². The molecule has 1 aliphatic carbocycles. The van der Waals surface area contributed by atoms with Crippen LogP contribution in [0.25, 0.3) is 22.4 Å². The third kappa shape index (κ3) is 4.38. The van der Waals surface area contributed by atoms with Gasteiger partial charge in [-0.05, 0) is 53.4 Å². The van der Waals surface area contributed by atoms with E-state index in [1.165, 1.54) is 42.5 Å². The Bertz CT molecular complexity index is 1580. The Labute approximate surface area is 225 Å². The number of carbonyl (C=O) groups is 1. The zero-order chi connectivity index (χ0) is 27.5. The molecule has 3 nitrogen and oxygen atoms in total. The molecule has 0 fully saturated rings. The van der Waals surface area contributed by atoms with Crippen LogP contribution in [-0.4, -0.2) is 15.9 Å². The molecule has 0 spiro atoms. The second-order valence-corrected chi connectivity index (χ2v) is 10.1. The maximum atomic E-state index is 13.9. The van der Waals surface area contributed by atoms with Gasteiger partial charge in [0, 0.05) is 22.3 Å². The number of hydrogen-bond donors (Lipinski definition) is 1. The van der Waals surface area contributed by atoms with Crippen LogP contribution in [0.15, 0.2) is 60.7 Å². The molecule has 1 unspecified atom stereocenters. The van der Waals surface area contributed by atoms with Crippen molar-refractivity contribution < 1.29 is 27.5 Å². The third-order valence-electron chi connectivity index (χ3n) is 6.56. The Morgan fingerprint density at radius 3 is 2.00 bits per heavy atom. The Hall–Kier alpha value is -3.26. The van der Waals surface area contributed by atoms with E-state index in [-0.39, 0.29) is 38.2 Å². The monoisotopic (exact) mass is 559 g/mol. The second kappa shape index (κ2) is 9.49. The van der Waals surface area contributed by atoms with Crippen LogP contribution in [-0.2, 0) is 6.18 Å². The first kappa shape index (κ1) is 26.4. The number of pyridine rings is 1. The first-order valence-corrected chi connectivity index (χ1v) is 12.4. The Kier molecular flexibility index (Phi) is 6.58. The van der Waals surface area contributed by atoms with Crippen molar-refractivity contribution in [2.24, 2.45) is 0 Å². The van der Waals surface area contributed by atoms with Crippen molar-refractivity contribution in [3.63, 3.8) is 0 Å². The number of hydrogen-bond acceptors (Lipinski definition) is 3. The number of benzene rings is 3. The molecule has 1 aromatic heterocycles. The molecular formula is C29H19Cl2F4NO2. The zero-order valence-corrected chi connectivity index (χ0v) is 21.5. The molecule has 1 aliphatic rings. The van der Waals surface area contributed by atoms with E-state index in [0.717, 1.165) is 12.1 Å². The number of aliphatic hydroxyl groups excluding tert-OH is 1. The van der Waals surface area contributed by atoms with Gasteiger partial charge in [-0.3, -0.25) is 9.78 Å². The summed E-state index contributed by atoms with van der Waals surface area (Å²) in [5.74, 6) is -1.17. The third-order valence-corrected chi connectivity index (χ3v) is 7.28. The van der Waals surface area contributed by atoms with Crippen LogP contribution in [0, 0.1) is 5.82 Å². The smallest absolute Gasteiger partial charge is 0.384 e. The SMILES string of the molecule is CC(C)c1nc2c(c(-c3ccc(F)cc3)c1C(O)c1ccc(C(F)(F)F)cc1)C(=O)c1cc(Cl)c(Cl)cc1-2. The molecule has 9 heteroatoms. The summed E-state index contributed by atoms with van der Waals surface area (Å²) < 4.78 is 53.3. The topological polar surface area (TPSA) is 50.2 Å². The van der Waals surface area contributed by atoms with Crippen LogP contribution in [0.2, 0.25) is 10.0 Å². The normalized spacial score (nSPS) is 13.6. The van der Waals surface area contributed by atoms with Crippen LogP contribution in [0.5, 0.6) is 0 Å². The molecular weight excluding hydrogens is 541 g/mol. The molecule has 3 aromatic carbocycles. The van der Waals surface area contributed by atoms with Gasteiger partial charge in [0.15, 0.2) is 5.78 Å². The predicted octanol–water partition coefficient (Wildman–Crippen LogP) is 8.63. The number of aromatic nitrogens is 1. The Balaban J connectivity index is 1.83. The summed E-state index contributed by atoms with van der Waals surface area (Å²) in [4.78, 5) is 18.5. The van der Waals surface area contributed by atoms with Crippen molar-refractivity contribution >= 4 is 29.0 Å². The van der Waals surface area contributed by atoms with Gasteiger partial charge in [-0.2, -0.15) is 13.2 Å². The fraction of sp³-hybridized carbons (Fsp3) is 0.172. The number of rotatable bonds is 4. The highest BCUT2D eigenvalue weighted by molar-refractivity contribution is 6.43. The van der Waals surface area contributed by atoms with Crippen molar-refractivity contribution in [1.29, 1.82) is 0 Å². The highest BCUT2D eigenvalue weighted by Gasteiger charge is 2.37. The van der Waals surface area contributed by atoms with Crippen molar-refractivity contribution in [1.82, 2.24) is 4.98 Å². The zero-order valence-electron chi connectivity index (χ0n) is 20.0. The summed E-state index contributed by atoms with van der Waals surface area (Å²) in [5, 5.41) is 12.0. The van der Waals surface area contributed by atoms with E-state index in [0.29, 0.717) is 28.1 Å². The highest BCUT2D eigenvalue weighted by atomic mass is 35.5. The number of nitrogens with zero attached hydrogens (tertiary/aromatic N) is 1. The summed E-state index contributed by atoms with van der Waals surface area (Å²) in [6.07, 6.45) is -5.97. The quantitative estimate of drug-likeness (QED) is 0.224. The van der Waals surface area contributed by atoms with E-state index in [4.69, 9.17) is 28.2 Å². The average molecular weight is 560 g/mol. The van der Waals surface area contributed by atoms with Crippen molar-refractivity contribution in [3.05, 3.63) is 110 Å². The summed E-state index contributed by atoms with van der Waals surface area (Å²) in [7, 11) is 0. The minimum Gasteiger partial charge on any atom is -0.384 e. The molecule has 1 atom stereocenters. The maximum Gasteiger partial charge on any atom is 0.416 e. The fourth-order valence-electron chi connectivity index (χ4n) is 4.75. The van der Waals surface area contributed by atoms with Gasteiger partial charge in [-0.25, -0.2) is 4.39 Å². The number of alkyl halides is 3. The van der Waals surface area contributed by atoms with Gasteiger partial charge in [0.2, 0.25) is 0 Å². The summed E-state index contributed by atoms with van der Waals surface area (Å²) in [5.41, 5.74) is 2.03. The van der Waals surface area contributed by atoms with Gasteiger partial charge in [0.05, 0.1) is 32.6 Å². The molecule has 5 rings (SSSR count). The molecule has 0 saturated heterocycles. The molecule has 1 heterocycles. The van der Waals surface area contributed by atoms with E-state index in [2.05, 4.69) is 0 Å². The van der Waals surface area contributed by atoms with Crippen molar-refractivity contribution in [2.45, 2.75) is 32.0 Å². The fourth-order valence-corrected chi connectivity index (χ4v) is 5.08. The second-order valence-electron chi connectivity index (χ2n) is 9.33. The van der Waals surface area contributed by atoms with E-state index < -0.39 is 29.4 Å². The number of aliphatic hydroxyl groups is 1. The van der Waals surface area contributed by atoms with Gasteiger partial charge >= 0.3 is 6.18 Å². The number of halogens is 6. The summed E-state index contributed by atoms with van der Waals surface area (Å²) in [6.45, 7) is 3.69. The van der Waals surface area contributed by atoms with Crippen molar-refractivity contribution in [2.75, 3.05) is 0 Å². The molecule has 0 saturated carbocycles. The molecule has 38 heavy (non-hydrogen) atoms. The summed E-state index contributed by atoms with van der Waals surface area (Å²) >= 11 is 12.5. The van der Waals surface area contributed by atoms with E-state index in [1.807, 2.05) is 13.8 Å². The summed E-state index contributed by atoms with van der Waals surface area (Å²) in [6, 6.07) is 12.6. The lowest BCUT2D eigenvalue weighted by Crippen LogP contribution is -2.14. The van der Waals surface area contributed by atoms with Gasteiger partial charge in [0.1, 0.15) is 11.9 Å². The highest BCUT2D eigenvalue weighted by Crippen LogP contribution is 2.48. The molecule has 1 N–H and O–H groups in total. The van der Waals surface area contributed by atoms with Crippen LogP contribution in [0.3, 0.4) is 0 Å². The maximum absolute atomic E-state index is 13.9. The van der Waals surface area contributed by atoms with E-state index in [9.17, 15) is 27.5 Å². The minimum absolute atomic E-state index is 0.176. The van der Waals surface area contributed by atoms with Crippen LogP contribution in [0.1, 0.15) is 64.2 Å². The Morgan fingerprint density at radius 1 is 0.868 bits per heavy atom. The first-order chi connectivity index (χ1) is 17.9. The molecule has 0 aliphatic heterocycles. The Morgan fingerprint density at radius 2 is 1.45 bits per heavy atom. The van der Waals surface area contributed by atoms with Gasteiger partial charge in [-0.1, -0.05) is 61.3 Å². The lowest BCUT2D eigenvalue weighted by molar-refractivity contribution is -0.137. The van der Waals surface area contributed by atoms with E-state index in [1.54, 1.807) is 6.07 Å². The lowest BCUT2D eigenvalue weighted by atomic mass is 9.84. The van der Waals surface area contributed by atoms with Gasteiger partial charge < -0.3 is 5.11 Å². The number of fused-ring (bicyclic) bond motifs is 3. The standard InChI is InChI=1S/C29H19Cl2F4NO2/c1-13(2)25-23(27(37)15-3-7-16(8-4-15)29(33,34)35)22(14-5-9-17(32)10-6-14)24-26(36-25)18-11-20(30)21(31)12-19(18)28(24)38/h3-13,27,37H,1-2H3. The van der Waals surface area contributed by atoms with E-state index >= 15 is 0 Å². The molecule has 194 valence electrons. The van der Waals surface area contributed by atoms with Crippen LogP contribution in [0.4, 0.5) is 17.6 Å². The number of ketones is 1. The number of carbonyl (C=O) groups excluding carboxylic acids is 1. The molecule has 0 radical (unpaired) electrons. The largest absolute Gasteiger partial charge is 0.416 e. The van der Waals surface area contributed by atoms with Gasteiger partial charge in [-0.15, -0.1) is 0 Å². The predicted molar refractivity (Wildman–Crippen MR) is 138 cm³/mol. The van der Waals surface area contributed by atoms with Crippen LogP contribution < -0.4 is 0 Å². The average Bonchev–Trinajstić information content (AvgIpc) is 3.13. The van der Waals surface area contributed by atoms with Gasteiger partial charge in [0.25, 0.3) is 0 Å². The molecule has 4 aromatic rings. The minimum atomic E-state index is -4.54. The molecule has 0 amide bonds. The van der Waals surface area contributed by atoms with Crippen LogP contribution >= 0.6 is 23.2 Å².